The van der Waals surface area contributed by atoms with E-state index in [0.717, 1.165) is 27.6 Å². The molecule has 1 fully saturated rings. The Morgan fingerprint density at radius 2 is 1.94 bits per heavy atom. The summed E-state index contributed by atoms with van der Waals surface area (Å²) in [6, 6.07) is 14.3. The van der Waals surface area contributed by atoms with Crippen molar-refractivity contribution in [3.05, 3.63) is 64.8 Å². The van der Waals surface area contributed by atoms with Crippen LogP contribution in [-0.2, 0) is 4.79 Å². The van der Waals surface area contributed by atoms with Crippen LogP contribution in [0, 0.1) is 0 Å². The van der Waals surface area contributed by atoms with Crippen molar-refractivity contribution in [3.63, 3.8) is 0 Å². The standard InChI is InChI=1S/C22H16N2O6S/c25-20(18-11-14-3-1-2-4-15(14)30-18)23-7-8-24-21(26)19(31-22(24)27)10-13-5-6-16-17(9-13)29-12-28-16/h1-6,9-11H,7-8,12H2,(H,23,25)/b19-10-. The summed E-state index contributed by atoms with van der Waals surface area (Å²) in [7, 11) is 0. The molecule has 0 saturated carbocycles. The van der Waals surface area contributed by atoms with Gasteiger partial charge in [-0.1, -0.05) is 24.3 Å². The Hall–Kier alpha value is -3.72. The van der Waals surface area contributed by atoms with Crippen LogP contribution in [-0.4, -0.2) is 41.8 Å². The number of furan rings is 1. The van der Waals surface area contributed by atoms with Crippen LogP contribution in [0.15, 0.2) is 57.9 Å². The van der Waals surface area contributed by atoms with Crippen LogP contribution in [0.3, 0.4) is 0 Å². The molecule has 31 heavy (non-hydrogen) atoms. The predicted octanol–water partition coefficient (Wildman–Crippen LogP) is 3.63. The third kappa shape index (κ3) is 3.75. The number of imide groups is 1. The van der Waals surface area contributed by atoms with Crippen LogP contribution < -0.4 is 14.8 Å². The van der Waals surface area contributed by atoms with Crippen LogP contribution in [0.2, 0.25) is 0 Å². The van der Waals surface area contributed by atoms with Crippen molar-refractivity contribution in [1.82, 2.24) is 10.2 Å². The summed E-state index contributed by atoms with van der Waals surface area (Å²) in [6.45, 7) is 0.343. The minimum atomic E-state index is -0.404. The Morgan fingerprint density at radius 3 is 2.81 bits per heavy atom. The molecule has 0 radical (unpaired) electrons. The zero-order valence-corrected chi connectivity index (χ0v) is 16.9. The summed E-state index contributed by atoms with van der Waals surface area (Å²) in [6.07, 6.45) is 1.64. The summed E-state index contributed by atoms with van der Waals surface area (Å²) >= 11 is 0.863. The normalized spacial score (nSPS) is 16.5. The fourth-order valence-electron chi connectivity index (χ4n) is 3.31. The van der Waals surface area contributed by atoms with Gasteiger partial charge in [-0.05, 0) is 47.7 Å². The van der Waals surface area contributed by atoms with Gasteiger partial charge < -0.3 is 19.2 Å². The Balaban J connectivity index is 1.21. The number of carbonyl (C=O) groups is 3. The average Bonchev–Trinajstić information content (AvgIpc) is 3.47. The lowest BCUT2D eigenvalue weighted by Gasteiger charge is -2.12. The molecule has 3 heterocycles. The van der Waals surface area contributed by atoms with Crippen molar-refractivity contribution in [2.45, 2.75) is 0 Å². The molecule has 0 unspecified atom stereocenters. The molecule has 3 aromatic rings. The van der Waals surface area contributed by atoms with Crippen molar-refractivity contribution in [3.8, 4) is 11.5 Å². The number of amides is 3. The molecule has 0 atom stereocenters. The smallest absolute Gasteiger partial charge is 0.293 e. The number of nitrogens with zero attached hydrogens (tertiary/aromatic N) is 1. The quantitative estimate of drug-likeness (QED) is 0.610. The van der Waals surface area contributed by atoms with Gasteiger partial charge >= 0.3 is 0 Å². The van der Waals surface area contributed by atoms with Gasteiger partial charge in [0.05, 0.1) is 4.91 Å². The Bertz CT molecular complexity index is 1210. The van der Waals surface area contributed by atoms with E-state index in [2.05, 4.69) is 5.32 Å². The average molecular weight is 436 g/mol. The molecule has 156 valence electrons. The van der Waals surface area contributed by atoms with Crippen LogP contribution >= 0.6 is 11.8 Å². The van der Waals surface area contributed by atoms with E-state index in [9.17, 15) is 14.4 Å². The lowest BCUT2D eigenvalue weighted by molar-refractivity contribution is -0.122. The molecular weight excluding hydrogens is 420 g/mol. The van der Waals surface area contributed by atoms with Gasteiger partial charge in [0.1, 0.15) is 5.58 Å². The second-order valence-electron chi connectivity index (χ2n) is 6.85. The third-order valence-corrected chi connectivity index (χ3v) is 5.75. The van der Waals surface area contributed by atoms with Crippen molar-refractivity contribution in [2.24, 2.45) is 0 Å². The van der Waals surface area contributed by atoms with Crippen molar-refractivity contribution >= 4 is 45.9 Å². The fourth-order valence-corrected chi connectivity index (χ4v) is 4.17. The number of carbonyl (C=O) groups excluding carboxylic acids is 3. The number of rotatable bonds is 5. The first kappa shape index (κ1) is 19.3. The molecule has 0 bridgehead atoms. The number of para-hydroxylation sites is 1. The number of benzene rings is 2. The van der Waals surface area contributed by atoms with E-state index in [1.165, 1.54) is 0 Å². The number of thioether (sulfide) groups is 1. The van der Waals surface area contributed by atoms with E-state index in [4.69, 9.17) is 13.9 Å². The first-order valence-corrected chi connectivity index (χ1v) is 10.3. The van der Waals surface area contributed by atoms with E-state index >= 15 is 0 Å². The lowest BCUT2D eigenvalue weighted by atomic mass is 10.2. The van der Waals surface area contributed by atoms with Gasteiger partial charge in [-0.25, -0.2) is 0 Å². The topological polar surface area (TPSA) is 98.1 Å². The van der Waals surface area contributed by atoms with Gasteiger partial charge in [-0.2, -0.15) is 0 Å². The molecule has 8 nitrogen and oxygen atoms in total. The predicted molar refractivity (Wildman–Crippen MR) is 114 cm³/mol. The molecule has 1 saturated heterocycles. The minimum absolute atomic E-state index is 0.0646. The van der Waals surface area contributed by atoms with Gasteiger partial charge in [-0.3, -0.25) is 19.3 Å². The second-order valence-corrected chi connectivity index (χ2v) is 7.84. The van der Waals surface area contributed by atoms with E-state index < -0.39 is 11.8 Å². The third-order valence-electron chi connectivity index (χ3n) is 4.84. The summed E-state index contributed by atoms with van der Waals surface area (Å²) < 4.78 is 16.1. The van der Waals surface area contributed by atoms with E-state index in [0.29, 0.717) is 22.0 Å². The highest BCUT2D eigenvalue weighted by Crippen LogP contribution is 2.36. The van der Waals surface area contributed by atoms with Crippen LogP contribution in [0.25, 0.3) is 17.0 Å². The molecule has 2 aliphatic rings. The number of hydrogen-bond acceptors (Lipinski definition) is 7. The van der Waals surface area contributed by atoms with Gasteiger partial charge in [-0.15, -0.1) is 0 Å². The van der Waals surface area contributed by atoms with Gasteiger partial charge in [0, 0.05) is 18.5 Å². The number of nitrogens with one attached hydrogen (secondary N) is 1. The molecular formula is C22H16N2O6S. The molecule has 5 rings (SSSR count). The van der Waals surface area contributed by atoms with Crippen molar-refractivity contribution in [2.75, 3.05) is 19.9 Å². The maximum absolute atomic E-state index is 12.6. The van der Waals surface area contributed by atoms with Gasteiger partial charge in [0.25, 0.3) is 17.1 Å². The van der Waals surface area contributed by atoms with Gasteiger partial charge in [0.15, 0.2) is 17.3 Å². The highest BCUT2D eigenvalue weighted by Gasteiger charge is 2.34. The number of ether oxygens (including phenoxy) is 2. The second kappa shape index (κ2) is 7.84. The number of hydrogen-bond donors (Lipinski definition) is 1. The Labute approximate surface area is 180 Å². The molecule has 0 spiro atoms. The Morgan fingerprint density at radius 1 is 1.10 bits per heavy atom. The maximum atomic E-state index is 12.6. The minimum Gasteiger partial charge on any atom is -0.454 e. The SMILES string of the molecule is O=C(NCCN1C(=O)S/C(=C\c2ccc3c(c2)OCO3)C1=O)c1cc2ccccc2o1. The zero-order valence-electron chi connectivity index (χ0n) is 16.1. The van der Waals surface area contributed by atoms with E-state index in [-0.39, 0.29) is 30.9 Å². The highest BCUT2D eigenvalue weighted by molar-refractivity contribution is 8.18. The summed E-state index contributed by atoms with van der Waals surface area (Å²) in [5.74, 6) is 0.620. The lowest BCUT2D eigenvalue weighted by Crippen LogP contribution is -2.37. The Kier molecular flexibility index (Phi) is 4.87. The molecule has 2 aromatic carbocycles. The molecule has 2 aliphatic heterocycles. The van der Waals surface area contributed by atoms with Gasteiger partial charge in [0.2, 0.25) is 6.79 Å². The summed E-state index contributed by atoms with van der Waals surface area (Å²) in [4.78, 5) is 38.7. The zero-order chi connectivity index (χ0) is 21.4. The molecule has 1 N–H and O–H groups in total. The van der Waals surface area contributed by atoms with Crippen LogP contribution in [0.5, 0.6) is 11.5 Å². The molecule has 3 amide bonds. The van der Waals surface area contributed by atoms with Crippen molar-refractivity contribution in [1.29, 1.82) is 0 Å². The largest absolute Gasteiger partial charge is 0.454 e. The molecule has 0 aliphatic carbocycles. The van der Waals surface area contributed by atoms with E-state index in [1.54, 1.807) is 36.4 Å². The highest BCUT2D eigenvalue weighted by atomic mass is 32.2. The molecule has 1 aromatic heterocycles. The van der Waals surface area contributed by atoms with Crippen LogP contribution in [0.4, 0.5) is 4.79 Å². The van der Waals surface area contributed by atoms with Crippen LogP contribution in [0.1, 0.15) is 16.1 Å². The summed E-state index contributed by atoms with van der Waals surface area (Å²) in [5, 5.41) is 3.13. The summed E-state index contributed by atoms with van der Waals surface area (Å²) in [5.41, 5.74) is 1.35. The molecule has 9 heteroatoms. The fraction of sp³-hybridized carbons (Fsp3) is 0.136. The first-order chi connectivity index (χ1) is 15.1. The maximum Gasteiger partial charge on any atom is 0.293 e. The van der Waals surface area contributed by atoms with E-state index in [1.807, 2.05) is 18.2 Å². The monoisotopic (exact) mass is 436 g/mol. The first-order valence-electron chi connectivity index (χ1n) is 9.50. The number of fused-ring (bicyclic) bond motifs is 2. The van der Waals surface area contributed by atoms with Crippen molar-refractivity contribution < 1.29 is 28.3 Å².